The lowest BCUT2D eigenvalue weighted by atomic mass is 9.33. The topological polar surface area (TPSA) is 32.3 Å². The fourth-order valence-corrected chi connectivity index (χ4v) is 13.0. The van der Waals surface area contributed by atoms with Gasteiger partial charge in [0.25, 0.3) is 6.71 Å². The molecular formula is C62H59BN4S2. The Morgan fingerprint density at radius 2 is 0.768 bits per heavy atom. The fourth-order valence-electron chi connectivity index (χ4n) is 10.7. The van der Waals surface area contributed by atoms with Crippen LogP contribution in [0.3, 0.4) is 0 Å². The van der Waals surface area contributed by atoms with Crippen LogP contribution in [-0.2, 0) is 21.7 Å². The predicted octanol–water partition coefficient (Wildman–Crippen LogP) is 15.7. The van der Waals surface area contributed by atoms with Crippen LogP contribution >= 0.6 is 23.5 Å². The second-order valence-electron chi connectivity index (χ2n) is 23.6. The minimum atomic E-state index is -0.0675. The molecule has 1 aromatic heterocycles. The third-order valence-corrected chi connectivity index (χ3v) is 16.8. The first-order chi connectivity index (χ1) is 32.7. The van der Waals surface area contributed by atoms with Crippen LogP contribution in [-0.4, -0.2) is 16.7 Å². The van der Waals surface area contributed by atoms with E-state index in [2.05, 4.69) is 232 Å². The minimum absolute atomic E-state index is 0.00334. The van der Waals surface area contributed by atoms with Crippen LogP contribution < -0.4 is 26.2 Å². The third kappa shape index (κ3) is 7.20. The van der Waals surface area contributed by atoms with Crippen LogP contribution in [0, 0.1) is 0 Å². The number of nitrogens with zero attached hydrogens (tertiary/aromatic N) is 4. The Morgan fingerprint density at radius 1 is 0.377 bits per heavy atom. The highest BCUT2D eigenvalue weighted by Crippen LogP contribution is 2.59. The number of benzene rings is 7. The zero-order valence-electron chi connectivity index (χ0n) is 42.0. The molecule has 0 unspecified atom stereocenters. The molecule has 0 spiro atoms. The van der Waals surface area contributed by atoms with Crippen molar-refractivity contribution in [3.63, 3.8) is 0 Å². The molecule has 4 nitrogen and oxygen atoms in total. The molecule has 4 aliphatic rings. The van der Waals surface area contributed by atoms with Crippen molar-refractivity contribution in [2.75, 3.05) is 9.80 Å². The monoisotopic (exact) mass is 934 g/mol. The van der Waals surface area contributed by atoms with Gasteiger partial charge in [-0.2, -0.15) is 0 Å². The van der Waals surface area contributed by atoms with Gasteiger partial charge in [0.15, 0.2) is 5.82 Å². The van der Waals surface area contributed by atoms with Crippen LogP contribution in [0.5, 0.6) is 0 Å². The summed E-state index contributed by atoms with van der Waals surface area (Å²) in [5.41, 5.74) is 21.6. The van der Waals surface area contributed by atoms with Crippen molar-refractivity contribution in [2.45, 2.75) is 124 Å². The summed E-state index contributed by atoms with van der Waals surface area (Å²) in [5, 5.41) is 0. The maximum absolute atomic E-state index is 5.50. The molecule has 0 atom stereocenters. The highest BCUT2D eigenvalue weighted by molar-refractivity contribution is 8.00. The van der Waals surface area contributed by atoms with Gasteiger partial charge >= 0.3 is 0 Å². The molecule has 0 aliphatic carbocycles. The molecular weight excluding hydrogens is 876 g/mol. The Morgan fingerprint density at radius 3 is 1.16 bits per heavy atom. The van der Waals surface area contributed by atoms with Crippen LogP contribution in [0.2, 0.25) is 0 Å². The van der Waals surface area contributed by atoms with Crippen LogP contribution in [0.25, 0.3) is 33.9 Å². The molecule has 342 valence electrons. The summed E-state index contributed by atoms with van der Waals surface area (Å²) in [7, 11) is 0. The molecule has 0 N–H and O–H groups in total. The van der Waals surface area contributed by atoms with E-state index in [-0.39, 0.29) is 28.4 Å². The molecule has 0 amide bonds. The summed E-state index contributed by atoms with van der Waals surface area (Å²) in [6.45, 7) is 28.1. The molecule has 69 heavy (non-hydrogen) atoms. The van der Waals surface area contributed by atoms with E-state index in [9.17, 15) is 0 Å². The normalized spacial score (nSPS) is 14.5. The predicted molar refractivity (Wildman–Crippen MR) is 295 cm³/mol. The Labute approximate surface area is 418 Å². The minimum Gasteiger partial charge on any atom is -0.309 e. The van der Waals surface area contributed by atoms with Gasteiger partial charge in [-0.05, 0) is 115 Å². The van der Waals surface area contributed by atoms with E-state index in [1.54, 1.807) is 0 Å². The SMILES string of the molecule is CC(C)(C)c1ccc2c(c1)Sc1cc(C(C)(C)C)cc3c1N2c1cc(-c2nc(-c4ccccc4)cc(-c4ccccc4)n2)cc2c1B3c1cc(C(C)(C)C)cc3c1N2c1ccc(C(C)(C)C)cc1S3. The first-order valence-corrected chi connectivity index (χ1v) is 26.1. The summed E-state index contributed by atoms with van der Waals surface area (Å²) in [6.07, 6.45) is 0. The summed E-state index contributed by atoms with van der Waals surface area (Å²) < 4.78 is 0. The largest absolute Gasteiger partial charge is 0.309 e. The van der Waals surface area contributed by atoms with E-state index >= 15 is 0 Å². The maximum atomic E-state index is 5.50. The molecule has 0 fully saturated rings. The van der Waals surface area contributed by atoms with Gasteiger partial charge in [-0.15, -0.1) is 0 Å². The van der Waals surface area contributed by atoms with Crippen LogP contribution in [0.4, 0.5) is 34.1 Å². The number of rotatable bonds is 3. The molecule has 5 heterocycles. The number of anilines is 6. The second-order valence-corrected chi connectivity index (χ2v) is 25.8. The molecule has 0 bridgehead atoms. The van der Waals surface area contributed by atoms with E-state index in [1.807, 2.05) is 23.5 Å². The number of hydrogen-bond acceptors (Lipinski definition) is 6. The van der Waals surface area contributed by atoms with Crippen molar-refractivity contribution >= 4 is 80.7 Å². The molecule has 7 aromatic carbocycles. The van der Waals surface area contributed by atoms with Crippen molar-refractivity contribution < 1.29 is 0 Å². The molecule has 12 rings (SSSR count). The van der Waals surface area contributed by atoms with E-state index in [0.29, 0.717) is 5.82 Å². The zero-order chi connectivity index (χ0) is 48.1. The van der Waals surface area contributed by atoms with E-state index < -0.39 is 0 Å². The summed E-state index contributed by atoms with van der Waals surface area (Å²) in [6, 6.07) is 52.6. The average Bonchev–Trinajstić information content (AvgIpc) is 3.31. The standard InChI is InChI=1S/C62H59BN4S2/c1-59(2,3)39-23-25-47-51(31-39)68-53-33-41(61(7,8)9)29-43-56(53)66(47)49-27-38(58-64-45(36-19-15-13-16-20-36)35-46(65-58)37-21-17-14-18-22-37)28-50-55(49)63(43)44-30-42(62(10,11)12)34-54-57(44)67(50)48-26-24-40(60(4,5)6)32-52(48)69-54/h13-35H,1-12H3. The first-order valence-electron chi connectivity index (χ1n) is 24.5. The molecule has 0 saturated carbocycles. The van der Waals surface area contributed by atoms with Gasteiger partial charge < -0.3 is 9.80 Å². The molecule has 8 aromatic rings. The van der Waals surface area contributed by atoms with Gasteiger partial charge in [-0.1, -0.05) is 192 Å². The van der Waals surface area contributed by atoms with Gasteiger partial charge in [-0.3, -0.25) is 0 Å². The summed E-state index contributed by atoms with van der Waals surface area (Å²) >= 11 is 3.88. The van der Waals surface area contributed by atoms with Crippen molar-refractivity contribution in [3.8, 4) is 33.9 Å². The van der Waals surface area contributed by atoms with Crippen molar-refractivity contribution in [1.29, 1.82) is 0 Å². The first kappa shape index (κ1) is 44.2. The third-order valence-electron chi connectivity index (χ3n) is 14.6. The van der Waals surface area contributed by atoms with Crippen molar-refractivity contribution in [3.05, 3.63) is 162 Å². The number of fused-ring (bicyclic) bond motifs is 8. The van der Waals surface area contributed by atoms with E-state index in [0.717, 1.165) is 28.1 Å². The van der Waals surface area contributed by atoms with Crippen molar-refractivity contribution in [1.82, 2.24) is 9.97 Å². The van der Waals surface area contributed by atoms with Crippen molar-refractivity contribution in [2.24, 2.45) is 0 Å². The molecule has 0 radical (unpaired) electrons. The quantitative estimate of drug-likeness (QED) is 0.164. The van der Waals surface area contributed by atoms with E-state index in [4.69, 9.17) is 9.97 Å². The molecule has 4 aliphatic heterocycles. The Balaban J connectivity index is 1.22. The van der Waals surface area contributed by atoms with Gasteiger partial charge in [0.1, 0.15) is 0 Å². The maximum Gasteiger partial charge on any atom is 0.252 e. The molecule has 0 saturated heterocycles. The Bertz CT molecular complexity index is 3220. The second kappa shape index (κ2) is 15.2. The molecule has 7 heteroatoms. The lowest BCUT2D eigenvalue weighted by Crippen LogP contribution is -2.62. The number of aromatic nitrogens is 2. The highest BCUT2D eigenvalue weighted by atomic mass is 32.2. The van der Waals surface area contributed by atoms with Gasteiger partial charge in [-0.25, -0.2) is 9.97 Å². The summed E-state index contributed by atoms with van der Waals surface area (Å²) in [5.74, 6) is 0.707. The smallest absolute Gasteiger partial charge is 0.252 e. The Kier molecular flexibility index (Phi) is 9.77. The van der Waals surface area contributed by atoms with Gasteiger partial charge in [0.2, 0.25) is 0 Å². The Hall–Kier alpha value is -6.02. The fraction of sp³-hybridized carbons (Fsp3) is 0.258. The van der Waals surface area contributed by atoms with E-state index in [1.165, 1.54) is 92.3 Å². The van der Waals surface area contributed by atoms with Crippen LogP contribution in [0.1, 0.15) is 105 Å². The highest BCUT2D eigenvalue weighted by Gasteiger charge is 2.49. The van der Waals surface area contributed by atoms with Gasteiger partial charge in [0.05, 0.1) is 34.1 Å². The van der Waals surface area contributed by atoms with Crippen LogP contribution in [0.15, 0.2) is 159 Å². The average molecular weight is 935 g/mol. The lowest BCUT2D eigenvalue weighted by Gasteiger charge is -2.48. The number of hydrogen-bond donors (Lipinski definition) is 0. The van der Waals surface area contributed by atoms with Gasteiger partial charge in [0, 0.05) is 47.6 Å². The zero-order valence-corrected chi connectivity index (χ0v) is 43.6. The summed E-state index contributed by atoms with van der Waals surface area (Å²) in [4.78, 5) is 21.4. The lowest BCUT2D eigenvalue weighted by molar-refractivity contribution is 0.588.